The maximum Gasteiger partial charge on any atom is 0.242 e. The van der Waals surface area contributed by atoms with E-state index in [-0.39, 0.29) is 29.9 Å². The largest absolute Gasteiger partial charge is 0.354 e. The molecule has 2 rings (SSSR count). The van der Waals surface area contributed by atoms with Gasteiger partial charge < -0.3 is 10.2 Å². The molecule has 2 aromatic rings. The molecule has 2 amide bonds. The van der Waals surface area contributed by atoms with Gasteiger partial charge in [0.25, 0.3) is 0 Å². The normalized spacial score (nSPS) is 11.9. The van der Waals surface area contributed by atoms with Crippen LogP contribution in [0.5, 0.6) is 0 Å². The molecule has 1 atom stereocenters. The molecular formula is C24H30ClFN2O2S. The predicted octanol–water partition coefficient (Wildman–Crippen LogP) is 5.29. The molecule has 168 valence electrons. The molecule has 4 nitrogen and oxygen atoms in total. The monoisotopic (exact) mass is 464 g/mol. The minimum Gasteiger partial charge on any atom is -0.354 e. The summed E-state index contributed by atoms with van der Waals surface area (Å²) in [6, 6.07) is 13.0. The second kappa shape index (κ2) is 12.7. The van der Waals surface area contributed by atoms with Crippen LogP contribution in [0.3, 0.4) is 0 Å². The van der Waals surface area contributed by atoms with Crippen LogP contribution in [-0.2, 0) is 21.9 Å². The van der Waals surface area contributed by atoms with Crippen LogP contribution in [0, 0.1) is 11.7 Å². The molecule has 0 radical (unpaired) electrons. The second-order valence-corrected chi connectivity index (χ2v) is 9.19. The molecule has 0 aliphatic rings. The van der Waals surface area contributed by atoms with E-state index in [2.05, 4.69) is 5.32 Å². The lowest BCUT2D eigenvalue weighted by molar-refractivity contribution is -0.139. The summed E-state index contributed by atoms with van der Waals surface area (Å²) in [7, 11) is 0. The molecule has 2 aromatic carbocycles. The van der Waals surface area contributed by atoms with Crippen LogP contribution in [0.1, 0.15) is 38.3 Å². The van der Waals surface area contributed by atoms with Crippen LogP contribution in [0.2, 0.25) is 5.02 Å². The number of thioether (sulfide) groups is 1. The van der Waals surface area contributed by atoms with Crippen LogP contribution < -0.4 is 5.32 Å². The summed E-state index contributed by atoms with van der Waals surface area (Å²) in [6.07, 6.45) is 0.492. The van der Waals surface area contributed by atoms with Crippen molar-refractivity contribution in [2.45, 2.75) is 45.5 Å². The van der Waals surface area contributed by atoms with E-state index in [1.54, 1.807) is 17.0 Å². The number of carbonyl (C=O) groups is 2. The Balaban J connectivity index is 2.12. The fourth-order valence-electron chi connectivity index (χ4n) is 3.08. The number of rotatable bonds is 11. The van der Waals surface area contributed by atoms with Crippen molar-refractivity contribution in [2.24, 2.45) is 5.92 Å². The minimum atomic E-state index is -0.586. The maximum atomic E-state index is 13.3. The molecule has 31 heavy (non-hydrogen) atoms. The Labute approximate surface area is 193 Å². The molecule has 0 aromatic heterocycles. The molecule has 0 fully saturated rings. The fraction of sp³-hybridized carbons (Fsp3) is 0.417. The summed E-state index contributed by atoms with van der Waals surface area (Å²) >= 11 is 7.67. The summed E-state index contributed by atoms with van der Waals surface area (Å²) in [4.78, 5) is 27.6. The second-order valence-electron chi connectivity index (χ2n) is 7.80. The molecule has 7 heteroatoms. The zero-order valence-corrected chi connectivity index (χ0v) is 19.8. The van der Waals surface area contributed by atoms with Crippen molar-refractivity contribution in [1.82, 2.24) is 10.2 Å². The molecule has 0 aliphatic carbocycles. The van der Waals surface area contributed by atoms with Crippen molar-refractivity contribution in [3.05, 3.63) is 70.5 Å². The van der Waals surface area contributed by atoms with Crippen LogP contribution in [0.25, 0.3) is 0 Å². The van der Waals surface area contributed by atoms with E-state index in [1.165, 1.54) is 23.9 Å². The first-order valence-electron chi connectivity index (χ1n) is 10.4. The van der Waals surface area contributed by atoms with Crippen LogP contribution in [0.15, 0.2) is 48.5 Å². The topological polar surface area (TPSA) is 49.4 Å². The number of hydrogen-bond acceptors (Lipinski definition) is 3. The van der Waals surface area contributed by atoms with Gasteiger partial charge in [-0.3, -0.25) is 9.59 Å². The number of nitrogens with one attached hydrogen (secondary N) is 1. The third-order valence-electron chi connectivity index (χ3n) is 4.78. The van der Waals surface area contributed by atoms with Crippen molar-refractivity contribution in [3.63, 3.8) is 0 Å². The van der Waals surface area contributed by atoms with Crippen molar-refractivity contribution in [2.75, 3.05) is 12.3 Å². The first-order valence-corrected chi connectivity index (χ1v) is 12.0. The van der Waals surface area contributed by atoms with E-state index in [1.807, 2.05) is 45.0 Å². The van der Waals surface area contributed by atoms with E-state index in [0.717, 1.165) is 11.1 Å². The van der Waals surface area contributed by atoms with E-state index in [9.17, 15) is 14.0 Å². The molecule has 0 bridgehead atoms. The van der Waals surface area contributed by atoms with Crippen LogP contribution in [0.4, 0.5) is 4.39 Å². The number of hydrogen-bond donors (Lipinski definition) is 1. The van der Waals surface area contributed by atoms with Gasteiger partial charge in [0.2, 0.25) is 11.8 Å². The smallest absolute Gasteiger partial charge is 0.242 e. The van der Waals surface area contributed by atoms with Gasteiger partial charge in [-0.25, -0.2) is 4.39 Å². The Morgan fingerprint density at radius 3 is 2.42 bits per heavy atom. The van der Waals surface area contributed by atoms with Crippen molar-refractivity contribution < 1.29 is 14.0 Å². The predicted molar refractivity (Wildman–Crippen MR) is 126 cm³/mol. The molecule has 0 saturated heterocycles. The Hall–Kier alpha value is -2.05. The SMILES string of the molecule is CCC(C(=O)NCC(C)C)N(Cc1ccc(F)cc1)C(=O)CSCc1ccccc1Cl. The van der Waals surface area contributed by atoms with E-state index >= 15 is 0 Å². The Morgan fingerprint density at radius 2 is 1.81 bits per heavy atom. The van der Waals surface area contributed by atoms with Crippen molar-refractivity contribution >= 4 is 35.2 Å². The number of amides is 2. The summed E-state index contributed by atoms with van der Waals surface area (Å²) in [5.74, 6) is 0.509. The van der Waals surface area contributed by atoms with E-state index in [0.29, 0.717) is 29.7 Å². The standard InChI is InChI=1S/C24H30ClFN2O2S/c1-4-22(24(30)27-13-17(2)3)28(14-18-9-11-20(26)12-10-18)23(29)16-31-15-19-7-5-6-8-21(19)25/h5-12,17,22H,4,13-16H2,1-3H3,(H,27,30). The van der Waals surface area contributed by atoms with Crippen LogP contribution >= 0.6 is 23.4 Å². The molecule has 1 N–H and O–H groups in total. The van der Waals surface area contributed by atoms with Crippen molar-refractivity contribution in [1.29, 1.82) is 0 Å². The Morgan fingerprint density at radius 1 is 1.13 bits per heavy atom. The van der Waals surface area contributed by atoms with Gasteiger partial charge in [-0.15, -0.1) is 11.8 Å². The quantitative estimate of drug-likeness (QED) is 0.491. The van der Waals surface area contributed by atoms with Gasteiger partial charge in [-0.2, -0.15) is 0 Å². The average Bonchev–Trinajstić information content (AvgIpc) is 2.74. The average molecular weight is 465 g/mol. The number of halogens is 2. The zero-order valence-electron chi connectivity index (χ0n) is 18.2. The number of benzene rings is 2. The number of carbonyl (C=O) groups excluding carboxylic acids is 2. The summed E-state index contributed by atoms with van der Waals surface area (Å²) < 4.78 is 13.3. The highest BCUT2D eigenvalue weighted by molar-refractivity contribution is 7.99. The summed E-state index contributed by atoms with van der Waals surface area (Å²) in [6.45, 7) is 6.73. The highest BCUT2D eigenvalue weighted by Crippen LogP contribution is 2.22. The molecular weight excluding hydrogens is 435 g/mol. The first-order chi connectivity index (χ1) is 14.8. The fourth-order valence-corrected chi connectivity index (χ4v) is 4.27. The van der Waals surface area contributed by atoms with Crippen molar-refractivity contribution in [3.8, 4) is 0 Å². The first kappa shape index (κ1) is 25.2. The van der Waals surface area contributed by atoms with E-state index in [4.69, 9.17) is 11.6 Å². The molecule has 0 saturated carbocycles. The van der Waals surface area contributed by atoms with E-state index < -0.39 is 6.04 Å². The Bertz CT molecular complexity index is 861. The lowest BCUT2D eigenvalue weighted by Crippen LogP contribution is -2.50. The Kier molecular flexibility index (Phi) is 10.3. The highest BCUT2D eigenvalue weighted by atomic mass is 35.5. The van der Waals surface area contributed by atoms with Gasteiger partial charge in [0.15, 0.2) is 0 Å². The lowest BCUT2D eigenvalue weighted by atomic mass is 10.1. The van der Waals surface area contributed by atoms with Gasteiger partial charge in [0.05, 0.1) is 5.75 Å². The van der Waals surface area contributed by atoms with Gasteiger partial charge in [0, 0.05) is 23.9 Å². The minimum absolute atomic E-state index is 0.132. The number of nitrogens with zero attached hydrogens (tertiary/aromatic N) is 1. The van der Waals surface area contributed by atoms with Gasteiger partial charge in [0.1, 0.15) is 11.9 Å². The third-order valence-corrected chi connectivity index (χ3v) is 6.11. The lowest BCUT2D eigenvalue weighted by Gasteiger charge is -2.31. The highest BCUT2D eigenvalue weighted by Gasteiger charge is 2.28. The van der Waals surface area contributed by atoms with Gasteiger partial charge in [-0.1, -0.05) is 62.7 Å². The molecule has 0 heterocycles. The maximum absolute atomic E-state index is 13.3. The molecule has 0 spiro atoms. The third kappa shape index (κ3) is 8.19. The van der Waals surface area contributed by atoms with Gasteiger partial charge >= 0.3 is 0 Å². The summed E-state index contributed by atoms with van der Waals surface area (Å²) in [5.41, 5.74) is 1.75. The zero-order chi connectivity index (χ0) is 22.8. The van der Waals surface area contributed by atoms with Gasteiger partial charge in [-0.05, 0) is 41.7 Å². The molecule has 1 unspecified atom stereocenters. The summed E-state index contributed by atoms with van der Waals surface area (Å²) in [5, 5.41) is 3.61. The van der Waals surface area contributed by atoms with Crippen LogP contribution in [-0.4, -0.2) is 35.1 Å². The molecule has 0 aliphatic heterocycles.